The maximum absolute atomic E-state index is 15.4. The summed E-state index contributed by atoms with van der Waals surface area (Å²) < 4.78 is 14.5. The number of hydrogen-bond donors (Lipinski definition) is 2. The zero-order chi connectivity index (χ0) is 41.4. The van der Waals surface area contributed by atoms with Crippen molar-refractivity contribution in [1.82, 2.24) is 0 Å². The number of benzene rings is 4. The molecule has 0 amide bonds. The molecular formula is C56H56O4. The molecule has 5 aliphatic rings. The molecule has 2 N–H and O–H groups in total. The lowest BCUT2D eigenvalue weighted by Crippen LogP contribution is -2.79. The van der Waals surface area contributed by atoms with Gasteiger partial charge in [0, 0.05) is 27.6 Å². The van der Waals surface area contributed by atoms with Crippen LogP contribution in [0, 0.1) is 5.92 Å². The zero-order valence-electron chi connectivity index (χ0n) is 34.7. The van der Waals surface area contributed by atoms with Crippen molar-refractivity contribution in [3.8, 4) is 0 Å². The summed E-state index contributed by atoms with van der Waals surface area (Å²) in [6, 6.07) is 41.8. The van der Waals surface area contributed by atoms with Gasteiger partial charge in [0.15, 0.2) is 5.79 Å². The fourth-order valence-corrected chi connectivity index (χ4v) is 11.8. The molecule has 0 aromatic heterocycles. The van der Waals surface area contributed by atoms with Gasteiger partial charge in [0.2, 0.25) is 0 Å². The van der Waals surface area contributed by atoms with Crippen molar-refractivity contribution in [2.24, 2.45) is 5.92 Å². The minimum absolute atomic E-state index is 0.115. The smallest absolute Gasteiger partial charge is 0.163 e. The fraction of sp³-hybridized carbons (Fsp3) is 0.286. The predicted molar refractivity (Wildman–Crippen MR) is 242 cm³/mol. The second-order valence-electron chi connectivity index (χ2n) is 17.7. The predicted octanol–water partition coefficient (Wildman–Crippen LogP) is 11.0. The first kappa shape index (κ1) is 40.1. The van der Waals surface area contributed by atoms with Gasteiger partial charge < -0.3 is 19.7 Å². The van der Waals surface area contributed by atoms with E-state index in [9.17, 15) is 0 Å². The normalized spacial score (nSPS) is 32.3. The van der Waals surface area contributed by atoms with E-state index in [1.807, 2.05) is 38.1 Å². The van der Waals surface area contributed by atoms with Crippen LogP contribution in [-0.4, -0.2) is 39.9 Å². The van der Waals surface area contributed by atoms with Gasteiger partial charge in [0.25, 0.3) is 0 Å². The lowest BCUT2D eigenvalue weighted by Gasteiger charge is -2.67. The molecule has 4 aliphatic carbocycles. The highest BCUT2D eigenvalue weighted by Gasteiger charge is 2.74. The largest absolute Gasteiger partial charge is 0.387 e. The van der Waals surface area contributed by atoms with Crippen molar-refractivity contribution in [2.75, 3.05) is 6.61 Å². The van der Waals surface area contributed by atoms with Crippen LogP contribution in [0.3, 0.4) is 0 Å². The van der Waals surface area contributed by atoms with Crippen LogP contribution < -0.4 is 0 Å². The molecule has 4 unspecified atom stereocenters. The van der Waals surface area contributed by atoms with Gasteiger partial charge in [-0.05, 0) is 61.8 Å². The molecule has 60 heavy (non-hydrogen) atoms. The molecule has 6 atom stereocenters. The summed E-state index contributed by atoms with van der Waals surface area (Å²) in [7, 11) is 0. The third kappa shape index (κ3) is 5.95. The third-order valence-corrected chi connectivity index (χ3v) is 14.5. The van der Waals surface area contributed by atoms with Gasteiger partial charge in [-0.1, -0.05) is 219 Å². The van der Waals surface area contributed by atoms with Gasteiger partial charge in [0.1, 0.15) is 5.60 Å². The highest BCUT2D eigenvalue weighted by Crippen LogP contribution is 2.65. The van der Waals surface area contributed by atoms with Crippen LogP contribution in [-0.2, 0) is 31.1 Å². The summed E-state index contributed by atoms with van der Waals surface area (Å²) in [6.45, 7) is 4.00. The number of ether oxygens (including phenoxy) is 2. The highest BCUT2D eigenvalue weighted by atomic mass is 16.7. The second-order valence-corrected chi connectivity index (χ2v) is 17.7. The van der Waals surface area contributed by atoms with E-state index in [0.717, 1.165) is 22.3 Å². The molecule has 0 radical (unpaired) electrons. The van der Waals surface area contributed by atoms with E-state index >= 15 is 10.2 Å². The maximum atomic E-state index is 15.4. The Hall–Kier alpha value is -5.36. The van der Waals surface area contributed by atoms with E-state index in [-0.39, 0.29) is 6.61 Å². The molecule has 0 spiro atoms. The molecule has 4 nitrogen and oxygen atoms in total. The standard InChI is InChI=1S/C56H56O4/c1-50(2)59-43-48(55(57,51(35-19-7-20-36-51)44-27-11-3-12-28-44)52(37-21-8-22-38-52)45-29-13-4-14-30-45)49(60-50)56(58,53(39-23-9-24-40-53)46-31-15-5-16-32-46)54(41-25-10-26-42-54)47-33-17-6-18-34-47/h3-35,37,39,41,48-49,57-58H,36,38,40,42-43H2,1-2H3/t48-,49-,51?,52?,53?,54?,55?,56?/m0/s1. The van der Waals surface area contributed by atoms with Gasteiger partial charge in [-0.25, -0.2) is 0 Å². The van der Waals surface area contributed by atoms with Crippen LogP contribution in [0.4, 0.5) is 0 Å². The number of hydrogen-bond acceptors (Lipinski definition) is 4. The third-order valence-electron chi connectivity index (χ3n) is 14.5. The Morgan fingerprint density at radius 2 is 0.733 bits per heavy atom. The van der Waals surface area contributed by atoms with Gasteiger partial charge >= 0.3 is 0 Å². The average Bonchev–Trinajstić information content (AvgIpc) is 3.32. The van der Waals surface area contributed by atoms with Crippen LogP contribution in [0.5, 0.6) is 0 Å². The topological polar surface area (TPSA) is 58.9 Å². The molecule has 9 rings (SSSR count). The average molecular weight is 793 g/mol. The molecule has 0 saturated carbocycles. The quantitative estimate of drug-likeness (QED) is 0.168. The molecule has 4 aromatic rings. The van der Waals surface area contributed by atoms with Crippen LogP contribution >= 0.6 is 0 Å². The molecule has 0 bridgehead atoms. The van der Waals surface area contributed by atoms with E-state index in [2.05, 4.69) is 194 Å². The van der Waals surface area contributed by atoms with Gasteiger partial charge in [-0.2, -0.15) is 0 Å². The Morgan fingerprint density at radius 1 is 0.433 bits per heavy atom. The van der Waals surface area contributed by atoms with Crippen LogP contribution in [0.15, 0.2) is 219 Å². The lowest BCUT2D eigenvalue weighted by molar-refractivity contribution is -0.363. The van der Waals surface area contributed by atoms with Gasteiger partial charge in [-0.15, -0.1) is 0 Å². The molecule has 4 aromatic carbocycles. The fourth-order valence-electron chi connectivity index (χ4n) is 11.8. The van der Waals surface area contributed by atoms with E-state index in [0.29, 0.717) is 25.7 Å². The van der Waals surface area contributed by atoms with E-state index in [4.69, 9.17) is 9.47 Å². The maximum Gasteiger partial charge on any atom is 0.163 e. The summed E-state index contributed by atoms with van der Waals surface area (Å²) in [5, 5.41) is 30.8. The summed E-state index contributed by atoms with van der Waals surface area (Å²) >= 11 is 0. The van der Waals surface area contributed by atoms with Crippen LogP contribution in [0.2, 0.25) is 0 Å². The Balaban J connectivity index is 1.44. The van der Waals surface area contributed by atoms with Crippen molar-refractivity contribution in [3.63, 3.8) is 0 Å². The van der Waals surface area contributed by atoms with Crippen LogP contribution in [0.25, 0.3) is 0 Å². The molecule has 1 saturated heterocycles. The summed E-state index contributed by atoms with van der Waals surface area (Å²) in [4.78, 5) is 0. The van der Waals surface area contributed by atoms with Crippen LogP contribution in [0.1, 0.15) is 61.8 Å². The number of allylic oxidation sites excluding steroid dienone is 12. The summed E-state index contributed by atoms with van der Waals surface area (Å²) in [5.41, 5.74) is -3.71. The Kier molecular flexibility index (Phi) is 10.4. The second kappa shape index (κ2) is 15.6. The van der Waals surface area contributed by atoms with Crippen molar-refractivity contribution in [1.29, 1.82) is 0 Å². The van der Waals surface area contributed by atoms with Crippen molar-refractivity contribution < 1.29 is 19.7 Å². The molecule has 304 valence electrons. The lowest BCUT2D eigenvalue weighted by atomic mass is 9.42. The first-order chi connectivity index (χ1) is 29.2. The molecule has 4 heteroatoms. The first-order valence-electron chi connectivity index (χ1n) is 21.5. The number of rotatable bonds is 10. The summed E-state index contributed by atoms with van der Waals surface area (Å²) in [5.74, 6) is -1.96. The van der Waals surface area contributed by atoms with Gasteiger partial charge in [0.05, 0.1) is 18.3 Å². The summed E-state index contributed by atoms with van der Waals surface area (Å²) in [6.07, 6.45) is 35.1. The van der Waals surface area contributed by atoms with E-state index in [1.54, 1.807) is 0 Å². The SMILES string of the molecule is CC1(C)OC[C@H](C(O)(C2(c3ccccc3)C=CC=CC2)C2(c3ccccc3)C=CC=CC2)[C@@H](C(O)(C2(c3ccccc3)C=CC=CC2)C2(c3ccccc3)C=CC=CC2)O1. The Labute approximate surface area is 356 Å². The minimum Gasteiger partial charge on any atom is -0.387 e. The van der Waals surface area contributed by atoms with Gasteiger partial charge in [-0.3, -0.25) is 0 Å². The van der Waals surface area contributed by atoms with Crippen molar-refractivity contribution in [3.05, 3.63) is 241 Å². The molecule has 1 heterocycles. The zero-order valence-corrected chi connectivity index (χ0v) is 34.7. The van der Waals surface area contributed by atoms with E-state index in [1.165, 1.54) is 0 Å². The minimum atomic E-state index is -1.77. The highest BCUT2D eigenvalue weighted by molar-refractivity contribution is 5.55. The van der Waals surface area contributed by atoms with Crippen molar-refractivity contribution >= 4 is 0 Å². The molecule has 1 aliphatic heterocycles. The Morgan fingerprint density at radius 3 is 1.02 bits per heavy atom. The monoisotopic (exact) mass is 792 g/mol. The number of aliphatic hydroxyl groups is 2. The van der Waals surface area contributed by atoms with Crippen molar-refractivity contribution in [2.45, 2.75) is 84.3 Å². The van der Waals surface area contributed by atoms with E-state index < -0.39 is 50.7 Å². The Bertz CT molecular complexity index is 2240. The molecular weight excluding hydrogens is 737 g/mol. The first-order valence-corrected chi connectivity index (χ1v) is 21.5. The molecule has 1 fully saturated rings.